The molecule has 0 bridgehead atoms. The van der Waals surface area contributed by atoms with Crippen molar-refractivity contribution in [3.63, 3.8) is 0 Å². The van der Waals surface area contributed by atoms with Crippen LogP contribution in [-0.4, -0.2) is 11.7 Å². The van der Waals surface area contributed by atoms with Crippen LogP contribution < -0.4 is 0 Å². The quantitative estimate of drug-likeness (QED) is 0.546. The molecule has 1 nitrogen and oxygen atoms in total. The second-order valence-corrected chi connectivity index (χ2v) is 9.30. The minimum absolute atomic E-state index is 0.127. The third kappa shape index (κ3) is 1.97. The van der Waals surface area contributed by atoms with Gasteiger partial charge in [-0.25, -0.2) is 0 Å². The van der Waals surface area contributed by atoms with E-state index in [-0.39, 0.29) is 23.7 Å². The average molecular weight is 322 g/mol. The summed E-state index contributed by atoms with van der Waals surface area (Å²) in [5, 5.41) is 0. The van der Waals surface area contributed by atoms with Crippen molar-refractivity contribution in [2.75, 3.05) is 0 Å². The van der Waals surface area contributed by atoms with Crippen LogP contribution in [0.25, 0.3) is 0 Å². The van der Waals surface area contributed by atoms with Crippen molar-refractivity contribution in [3.8, 4) is 0 Å². The number of fused-ring (bicyclic) bond motifs is 5. The standard InChI is InChI=1S/C20H28F2O/c1-12-6-8-18(2)13(10-12)4-5-14-15(18)7-9-19(3)16(14)11-20(21,22)17(19)23/h4,12,14-16H,5-11H2,1-3H3/t12-,14+,15-,16-,18-,19-/m0/s1. The molecule has 3 fully saturated rings. The molecule has 3 saturated carbocycles. The maximum atomic E-state index is 14.2. The fourth-order valence-corrected chi connectivity index (χ4v) is 6.61. The van der Waals surface area contributed by atoms with Gasteiger partial charge in [-0.05, 0) is 67.6 Å². The molecule has 0 saturated heterocycles. The smallest absolute Gasteiger partial charge is 0.292 e. The van der Waals surface area contributed by atoms with Gasteiger partial charge < -0.3 is 0 Å². The molecule has 0 radical (unpaired) electrons. The summed E-state index contributed by atoms with van der Waals surface area (Å²) in [6.45, 7) is 6.52. The minimum Gasteiger partial charge on any atom is -0.292 e. The van der Waals surface area contributed by atoms with Gasteiger partial charge in [0.05, 0.1) is 0 Å². The second kappa shape index (κ2) is 4.67. The Morgan fingerprint density at radius 3 is 2.52 bits per heavy atom. The van der Waals surface area contributed by atoms with E-state index in [4.69, 9.17) is 0 Å². The fraction of sp³-hybridized carbons (Fsp3) is 0.850. The first kappa shape index (κ1) is 15.8. The van der Waals surface area contributed by atoms with Crippen molar-refractivity contribution >= 4 is 5.78 Å². The number of hydrogen-bond donors (Lipinski definition) is 0. The first-order valence-corrected chi connectivity index (χ1v) is 9.31. The second-order valence-electron chi connectivity index (χ2n) is 9.30. The van der Waals surface area contributed by atoms with Gasteiger partial charge in [-0.2, -0.15) is 8.78 Å². The number of allylic oxidation sites excluding steroid dienone is 2. The van der Waals surface area contributed by atoms with Gasteiger partial charge in [0.25, 0.3) is 0 Å². The van der Waals surface area contributed by atoms with Crippen LogP contribution in [0.4, 0.5) is 8.78 Å². The molecule has 0 amide bonds. The Morgan fingerprint density at radius 2 is 1.78 bits per heavy atom. The molecule has 6 atom stereocenters. The van der Waals surface area contributed by atoms with E-state index in [1.54, 1.807) is 5.57 Å². The SMILES string of the molecule is C[C@H]1CC[C@@]2(C)C(=CC[C@@H]3[C@@H]2CC[C@]2(C)C(=O)C(F)(F)C[C@@H]32)C1. The van der Waals surface area contributed by atoms with Crippen LogP contribution in [0.5, 0.6) is 0 Å². The van der Waals surface area contributed by atoms with E-state index < -0.39 is 17.1 Å². The molecule has 0 spiro atoms. The minimum atomic E-state index is -3.10. The molecule has 4 rings (SSSR count). The van der Waals surface area contributed by atoms with Gasteiger partial charge in [-0.15, -0.1) is 0 Å². The molecule has 23 heavy (non-hydrogen) atoms. The Labute approximate surface area is 137 Å². The van der Waals surface area contributed by atoms with Crippen molar-refractivity contribution < 1.29 is 13.6 Å². The first-order chi connectivity index (χ1) is 10.7. The number of rotatable bonds is 0. The van der Waals surface area contributed by atoms with E-state index in [1.165, 1.54) is 19.3 Å². The predicted molar refractivity (Wildman–Crippen MR) is 86.2 cm³/mol. The zero-order valence-electron chi connectivity index (χ0n) is 14.5. The van der Waals surface area contributed by atoms with Gasteiger partial charge in [-0.1, -0.05) is 32.4 Å². The normalized spacial score (nSPS) is 51.5. The summed E-state index contributed by atoms with van der Waals surface area (Å²) in [6, 6.07) is 0. The molecule has 0 aromatic heterocycles. The topological polar surface area (TPSA) is 17.1 Å². The molecule has 0 aromatic rings. The highest BCUT2D eigenvalue weighted by atomic mass is 19.3. The molecule has 128 valence electrons. The Balaban J connectivity index is 1.71. The van der Waals surface area contributed by atoms with E-state index in [9.17, 15) is 13.6 Å². The van der Waals surface area contributed by atoms with Crippen LogP contribution in [0.15, 0.2) is 11.6 Å². The zero-order chi connectivity index (χ0) is 16.6. The van der Waals surface area contributed by atoms with E-state index in [2.05, 4.69) is 19.9 Å². The highest BCUT2D eigenvalue weighted by Crippen LogP contribution is 2.66. The monoisotopic (exact) mass is 322 g/mol. The lowest BCUT2D eigenvalue weighted by molar-refractivity contribution is -0.147. The number of hydrogen-bond acceptors (Lipinski definition) is 1. The van der Waals surface area contributed by atoms with E-state index in [1.807, 2.05) is 6.92 Å². The number of ketones is 1. The molecular formula is C20H28F2O. The van der Waals surface area contributed by atoms with Crippen molar-refractivity contribution in [3.05, 3.63) is 11.6 Å². The molecule has 0 unspecified atom stereocenters. The Kier molecular flexibility index (Phi) is 3.20. The third-order valence-electron chi connectivity index (χ3n) is 8.07. The van der Waals surface area contributed by atoms with Crippen molar-refractivity contribution in [2.45, 2.75) is 71.6 Å². The van der Waals surface area contributed by atoms with E-state index >= 15 is 0 Å². The number of carbonyl (C=O) groups excluding carboxylic acids is 1. The van der Waals surface area contributed by atoms with E-state index in [0.717, 1.165) is 18.8 Å². The Bertz CT molecular complexity index is 580. The average Bonchev–Trinajstić information content (AvgIpc) is 2.68. The van der Waals surface area contributed by atoms with Gasteiger partial charge >= 0.3 is 5.92 Å². The molecule has 4 aliphatic rings. The fourth-order valence-electron chi connectivity index (χ4n) is 6.61. The summed E-state index contributed by atoms with van der Waals surface area (Å²) < 4.78 is 28.3. The summed E-state index contributed by atoms with van der Waals surface area (Å²) in [5.74, 6) is -2.48. The maximum Gasteiger partial charge on any atom is 0.306 e. The lowest BCUT2D eigenvalue weighted by atomic mass is 9.47. The Hall–Kier alpha value is -0.730. The largest absolute Gasteiger partial charge is 0.306 e. The lowest BCUT2D eigenvalue weighted by Crippen LogP contribution is -2.50. The zero-order valence-corrected chi connectivity index (χ0v) is 14.5. The van der Waals surface area contributed by atoms with Gasteiger partial charge in [0.15, 0.2) is 0 Å². The third-order valence-corrected chi connectivity index (χ3v) is 8.07. The van der Waals surface area contributed by atoms with Crippen molar-refractivity contribution in [1.29, 1.82) is 0 Å². The predicted octanol–water partition coefficient (Wildman–Crippen LogP) is 5.40. The highest BCUT2D eigenvalue weighted by molar-refractivity contribution is 5.93. The maximum absolute atomic E-state index is 14.2. The summed E-state index contributed by atoms with van der Waals surface area (Å²) in [6.07, 6.45) is 8.28. The van der Waals surface area contributed by atoms with Gasteiger partial charge in [0.1, 0.15) is 0 Å². The molecule has 0 aromatic carbocycles. The van der Waals surface area contributed by atoms with Gasteiger partial charge in [0.2, 0.25) is 5.78 Å². The molecule has 3 heteroatoms. The molecule has 0 heterocycles. The van der Waals surface area contributed by atoms with Gasteiger partial charge in [0, 0.05) is 11.8 Å². The van der Waals surface area contributed by atoms with Gasteiger partial charge in [-0.3, -0.25) is 4.79 Å². The van der Waals surface area contributed by atoms with Crippen LogP contribution in [0.3, 0.4) is 0 Å². The van der Waals surface area contributed by atoms with E-state index in [0.29, 0.717) is 12.3 Å². The van der Waals surface area contributed by atoms with Crippen molar-refractivity contribution in [1.82, 2.24) is 0 Å². The summed E-state index contributed by atoms with van der Waals surface area (Å²) >= 11 is 0. The molecule has 4 aliphatic carbocycles. The summed E-state index contributed by atoms with van der Waals surface area (Å²) in [5.41, 5.74) is 0.989. The highest BCUT2D eigenvalue weighted by Gasteiger charge is 2.67. The number of alkyl halides is 2. The molecule has 0 aliphatic heterocycles. The number of Topliss-reactive ketones (excluding diaryl/α,β-unsaturated/α-hetero) is 1. The Morgan fingerprint density at radius 1 is 1.09 bits per heavy atom. The number of halogens is 2. The summed E-state index contributed by atoms with van der Waals surface area (Å²) in [4.78, 5) is 12.3. The lowest BCUT2D eigenvalue weighted by Gasteiger charge is -2.56. The summed E-state index contributed by atoms with van der Waals surface area (Å²) in [7, 11) is 0. The van der Waals surface area contributed by atoms with Crippen LogP contribution in [0.1, 0.15) is 65.7 Å². The van der Waals surface area contributed by atoms with Crippen LogP contribution in [-0.2, 0) is 4.79 Å². The van der Waals surface area contributed by atoms with Crippen LogP contribution in [0.2, 0.25) is 0 Å². The van der Waals surface area contributed by atoms with Crippen LogP contribution >= 0.6 is 0 Å². The molecular weight excluding hydrogens is 294 g/mol. The van der Waals surface area contributed by atoms with Crippen LogP contribution in [0, 0.1) is 34.5 Å². The first-order valence-electron chi connectivity index (χ1n) is 9.31. The van der Waals surface area contributed by atoms with Crippen molar-refractivity contribution in [2.24, 2.45) is 34.5 Å². The number of carbonyl (C=O) groups is 1. The molecule has 0 N–H and O–H groups in total.